The summed E-state index contributed by atoms with van der Waals surface area (Å²) in [4.78, 5) is 11.6. The van der Waals surface area contributed by atoms with Crippen molar-refractivity contribution in [1.29, 1.82) is 0 Å². The minimum Gasteiger partial charge on any atom is -0.315 e. The lowest BCUT2D eigenvalue weighted by molar-refractivity contribution is -0.118. The highest BCUT2D eigenvalue weighted by atomic mass is 16.1. The van der Waals surface area contributed by atoms with Gasteiger partial charge >= 0.3 is 0 Å². The summed E-state index contributed by atoms with van der Waals surface area (Å²) in [5.74, 6) is 0.0178. The van der Waals surface area contributed by atoms with Gasteiger partial charge in [-0.2, -0.15) is 0 Å². The Kier molecular flexibility index (Phi) is 1.96. The van der Waals surface area contributed by atoms with Crippen LogP contribution in [0.5, 0.6) is 0 Å². The minimum atomic E-state index is -0.777. The molecule has 0 fully saturated rings. The van der Waals surface area contributed by atoms with Crippen molar-refractivity contribution in [1.82, 2.24) is 0 Å². The smallest absolute Gasteiger partial charge is 0.179 e. The van der Waals surface area contributed by atoms with Gasteiger partial charge < -0.3 is 5.73 Å². The van der Waals surface area contributed by atoms with E-state index < -0.39 is 5.54 Å². The number of carbonyl (C=O) groups is 1. The van der Waals surface area contributed by atoms with Crippen LogP contribution in [0.4, 0.5) is 0 Å². The molecule has 0 radical (unpaired) electrons. The lowest BCUT2D eigenvalue weighted by Gasteiger charge is -2.32. The van der Waals surface area contributed by atoms with Gasteiger partial charge in [0.2, 0.25) is 0 Å². The van der Waals surface area contributed by atoms with Gasteiger partial charge in [0.25, 0.3) is 0 Å². The summed E-state index contributed by atoms with van der Waals surface area (Å²) in [7, 11) is 0. The molecule has 2 aliphatic rings. The van der Waals surface area contributed by atoms with Gasteiger partial charge in [0.15, 0.2) is 5.78 Å². The number of rotatable bonds is 0. The van der Waals surface area contributed by atoms with Gasteiger partial charge in [0.1, 0.15) is 0 Å². The first kappa shape index (κ1) is 9.41. The molecule has 14 heavy (non-hydrogen) atoms. The molecule has 2 rings (SSSR count). The maximum atomic E-state index is 11.6. The first-order chi connectivity index (χ1) is 6.51. The molecular weight excluding hydrogens is 174 g/mol. The summed E-state index contributed by atoms with van der Waals surface area (Å²) in [6, 6.07) is 0. The molecule has 1 unspecified atom stereocenters. The number of allylic oxidation sites excluding steroid dienone is 4. The van der Waals surface area contributed by atoms with E-state index in [2.05, 4.69) is 13.0 Å². The van der Waals surface area contributed by atoms with Crippen LogP contribution in [-0.4, -0.2) is 11.3 Å². The predicted octanol–water partition coefficient (Wildman–Crippen LogP) is 1.88. The molecule has 2 N–H and O–H groups in total. The third-order valence-electron chi connectivity index (χ3n) is 3.07. The first-order valence-corrected chi connectivity index (χ1v) is 4.94. The predicted molar refractivity (Wildman–Crippen MR) is 56.8 cm³/mol. The molecule has 0 saturated heterocycles. The Balaban J connectivity index is 2.51. The zero-order valence-electron chi connectivity index (χ0n) is 8.63. The molecule has 2 nitrogen and oxygen atoms in total. The maximum Gasteiger partial charge on any atom is 0.179 e. The molecule has 0 aromatic rings. The van der Waals surface area contributed by atoms with Crippen molar-refractivity contribution in [2.75, 3.05) is 0 Å². The van der Waals surface area contributed by atoms with Gasteiger partial charge in [-0.15, -0.1) is 0 Å². The van der Waals surface area contributed by atoms with Crippen LogP contribution >= 0.6 is 0 Å². The van der Waals surface area contributed by atoms with Gasteiger partial charge in [-0.3, -0.25) is 4.79 Å². The highest BCUT2D eigenvalue weighted by Crippen LogP contribution is 2.34. The Hall–Kier alpha value is -1.15. The first-order valence-electron chi connectivity index (χ1n) is 4.94. The lowest BCUT2D eigenvalue weighted by atomic mass is 9.76. The Morgan fingerprint density at radius 3 is 2.79 bits per heavy atom. The highest BCUT2D eigenvalue weighted by molar-refractivity contribution is 6.02. The topological polar surface area (TPSA) is 43.1 Å². The van der Waals surface area contributed by atoms with E-state index in [-0.39, 0.29) is 5.78 Å². The zero-order chi connectivity index (χ0) is 10.3. The molecular formula is C12H15NO. The van der Waals surface area contributed by atoms with Crippen LogP contribution in [0.15, 0.2) is 34.9 Å². The molecule has 2 aliphatic carbocycles. The summed E-state index contributed by atoms with van der Waals surface area (Å²) in [5.41, 5.74) is 8.85. The van der Waals surface area contributed by atoms with Crippen LogP contribution in [0, 0.1) is 0 Å². The van der Waals surface area contributed by atoms with Crippen LogP contribution in [-0.2, 0) is 4.79 Å². The van der Waals surface area contributed by atoms with E-state index in [1.54, 1.807) is 6.08 Å². The Morgan fingerprint density at radius 2 is 2.07 bits per heavy atom. The summed E-state index contributed by atoms with van der Waals surface area (Å²) in [6.45, 7) is 3.92. The number of ketones is 1. The molecule has 0 aromatic carbocycles. The second-order valence-electron chi connectivity index (χ2n) is 4.32. The third-order valence-corrected chi connectivity index (χ3v) is 3.07. The fourth-order valence-corrected chi connectivity index (χ4v) is 2.09. The van der Waals surface area contributed by atoms with E-state index in [9.17, 15) is 4.79 Å². The van der Waals surface area contributed by atoms with Gasteiger partial charge in [-0.1, -0.05) is 17.7 Å². The normalized spacial score (nSPS) is 31.6. The van der Waals surface area contributed by atoms with Crippen LogP contribution in [0.25, 0.3) is 0 Å². The SMILES string of the molecule is CC1=CC2=C(CC1)C(C)(N)C(=O)C=C2. The zero-order valence-corrected chi connectivity index (χ0v) is 8.63. The van der Waals surface area contributed by atoms with Gasteiger partial charge in [0.05, 0.1) is 5.54 Å². The second-order valence-corrected chi connectivity index (χ2v) is 4.32. The average Bonchev–Trinajstić information content (AvgIpc) is 2.12. The molecule has 0 saturated carbocycles. The number of hydrogen-bond donors (Lipinski definition) is 1. The fourth-order valence-electron chi connectivity index (χ4n) is 2.09. The van der Waals surface area contributed by atoms with E-state index >= 15 is 0 Å². The molecule has 0 spiro atoms. The van der Waals surface area contributed by atoms with Gasteiger partial charge in [0, 0.05) is 0 Å². The Morgan fingerprint density at radius 1 is 1.36 bits per heavy atom. The quantitative estimate of drug-likeness (QED) is 0.632. The van der Waals surface area contributed by atoms with Crippen molar-refractivity contribution in [2.24, 2.45) is 5.73 Å². The van der Waals surface area contributed by atoms with E-state index in [4.69, 9.17) is 5.73 Å². The van der Waals surface area contributed by atoms with Crippen molar-refractivity contribution in [3.63, 3.8) is 0 Å². The maximum absolute atomic E-state index is 11.6. The van der Waals surface area contributed by atoms with Crippen molar-refractivity contribution in [3.05, 3.63) is 34.9 Å². The Labute approximate surface area is 84.2 Å². The molecule has 1 atom stereocenters. The number of hydrogen-bond acceptors (Lipinski definition) is 2. The monoisotopic (exact) mass is 189 g/mol. The Bertz CT molecular complexity index is 383. The highest BCUT2D eigenvalue weighted by Gasteiger charge is 2.35. The van der Waals surface area contributed by atoms with E-state index in [0.717, 1.165) is 24.0 Å². The number of carbonyl (C=O) groups excluding carboxylic acids is 1. The number of nitrogens with two attached hydrogens (primary N) is 1. The van der Waals surface area contributed by atoms with Gasteiger partial charge in [-0.05, 0) is 43.9 Å². The average molecular weight is 189 g/mol. The summed E-state index contributed by atoms with van der Waals surface area (Å²) in [5, 5.41) is 0. The summed E-state index contributed by atoms with van der Waals surface area (Å²) >= 11 is 0. The van der Waals surface area contributed by atoms with E-state index in [0.29, 0.717) is 0 Å². The van der Waals surface area contributed by atoms with Crippen LogP contribution in [0.1, 0.15) is 26.7 Å². The molecule has 0 amide bonds. The standard InChI is InChI=1S/C12H15NO/c1-8-3-5-10-9(7-8)4-6-11(14)12(10,2)13/h4,6-7H,3,5,13H2,1-2H3. The van der Waals surface area contributed by atoms with Crippen molar-refractivity contribution in [3.8, 4) is 0 Å². The molecule has 0 aromatic heterocycles. The molecule has 2 heteroatoms. The van der Waals surface area contributed by atoms with Crippen molar-refractivity contribution >= 4 is 5.78 Å². The van der Waals surface area contributed by atoms with Crippen LogP contribution in [0.2, 0.25) is 0 Å². The van der Waals surface area contributed by atoms with Crippen molar-refractivity contribution in [2.45, 2.75) is 32.2 Å². The molecule has 0 heterocycles. The van der Waals surface area contributed by atoms with Crippen molar-refractivity contribution < 1.29 is 4.79 Å². The summed E-state index contributed by atoms with van der Waals surface area (Å²) in [6.07, 6.45) is 7.54. The summed E-state index contributed by atoms with van der Waals surface area (Å²) < 4.78 is 0. The van der Waals surface area contributed by atoms with E-state index in [1.807, 2.05) is 13.0 Å². The minimum absolute atomic E-state index is 0.0178. The van der Waals surface area contributed by atoms with Crippen LogP contribution < -0.4 is 5.73 Å². The third kappa shape index (κ3) is 1.26. The molecule has 74 valence electrons. The largest absolute Gasteiger partial charge is 0.315 e. The lowest BCUT2D eigenvalue weighted by Crippen LogP contribution is -2.48. The van der Waals surface area contributed by atoms with Crippen LogP contribution in [0.3, 0.4) is 0 Å². The molecule has 0 aliphatic heterocycles. The second kappa shape index (κ2) is 2.92. The molecule has 0 bridgehead atoms. The fraction of sp³-hybridized carbons (Fsp3) is 0.417. The van der Waals surface area contributed by atoms with Gasteiger partial charge in [-0.25, -0.2) is 0 Å². The van der Waals surface area contributed by atoms with E-state index in [1.165, 1.54) is 5.57 Å².